The lowest BCUT2D eigenvalue weighted by atomic mass is 10.1. The van der Waals surface area contributed by atoms with Crippen LogP contribution in [-0.4, -0.2) is 39.7 Å². The third-order valence-electron chi connectivity index (χ3n) is 4.60. The van der Waals surface area contributed by atoms with Gasteiger partial charge in [0, 0.05) is 6.92 Å². The van der Waals surface area contributed by atoms with Crippen molar-refractivity contribution in [3.63, 3.8) is 0 Å². The molecule has 0 aromatic rings. The van der Waals surface area contributed by atoms with E-state index in [4.69, 9.17) is 4.43 Å². The first-order valence-electron chi connectivity index (χ1n) is 9.69. The zero-order valence-corrected chi connectivity index (χ0v) is 18.8. The van der Waals surface area contributed by atoms with Gasteiger partial charge in [0.15, 0.2) is 14.5 Å². The molecule has 2 nitrogen and oxygen atoms in total. The number of unbranched alkanes of at least 4 members (excludes halogenated alkanes) is 9. The van der Waals surface area contributed by atoms with Crippen molar-refractivity contribution in [3.8, 4) is 0 Å². The summed E-state index contributed by atoms with van der Waals surface area (Å²) in [4.78, 5) is 0. The molecule has 0 spiro atoms. The summed E-state index contributed by atoms with van der Waals surface area (Å²) in [5.41, 5.74) is 0. The van der Waals surface area contributed by atoms with Crippen LogP contribution in [0.2, 0.25) is 19.6 Å². The fourth-order valence-electron chi connectivity index (χ4n) is 2.84. The first-order chi connectivity index (χ1) is 10.2. The van der Waals surface area contributed by atoms with Crippen molar-refractivity contribution in [3.05, 3.63) is 0 Å². The molecule has 4 heteroatoms. The summed E-state index contributed by atoms with van der Waals surface area (Å²) in [5, 5.41) is 0. The van der Waals surface area contributed by atoms with Gasteiger partial charge in [-0.05, 0) is 32.5 Å². The van der Waals surface area contributed by atoms with Crippen molar-refractivity contribution in [1.29, 1.82) is 0 Å². The minimum atomic E-state index is -1.42. The molecular weight excluding hydrogens is 322 g/mol. The molecule has 0 saturated heterocycles. The van der Waals surface area contributed by atoms with Crippen LogP contribution >= 0.6 is 0 Å². The molecule has 0 heterocycles. The van der Waals surface area contributed by atoms with Gasteiger partial charge in [0.1, 0.15) is 0 Å². The summed E-state index contributed by atoms with van der Waals surface area (Å²) in [5.74, 6) is 0. The van der Waals surface area contributed by atoms with Gasteiger partial charge < -0.3 is 21.3 Å². The van der Waals surface area contributed by atoms with Crippen LogP contribution < -0.4 is 12.4 Å². The standard InChI is InChI=1S/C19H44NOSi.ClH/c1-8-9-10-11-12-13-14-15-16-17-18-20(3,4)19(2)21-22(5,6)7;/h19H,8-18H2,1-7H3;1H/q+1;/p-1. The summed E-state index contributed by atoms with van der Waals surface area (Å²) in [6.45, 7) is 12.6. The molecule has 0 aliphatic heterocycles. The lowest BCUT2D eigenvalue weighted by Crippen LogP contribution is -3.00. The minimum Gasteiger partial charge on any atom is -1.00 e. The molecule has 0 saturated carbocycles. The van der Waals surface area contributed by atoms with Gasteiger partial charge in [0.05, 0.1) is 20.6 Å². The normalized spacial score (nSPS) is 13.7. The van der Waals surface area contributed by atoms with E-state index >= 15 is 0 Å². The average molecular weight is 366 g/mol. The highest BCUT2D eigenvalue weighted by Crippen LogP contribution is 2.17. The Morgan fingerprint density at radius 2 is 1.17 bits per heavy atom. The molecule has 0 bridgehead atoms. The Morgan fingerprint density at radius 1 is 0.783 bits per heavy atom. The minimum absolute atomic E-state index is 0. The Bertz CT molecular complexity index is 267. The van der Waals surface area contributed by atoms with E-state index in [-0.39, 0.29) is 12.4 Å². The van der Waals surface area contributed by atoms with Crippen LogP contribution in [0, 0.1) is 0 Å². The quantitative estimate of drug-likeness (QED) is 0.199. The molecule has 0 amide bonds. The van der Waals surface area contributed by atoms with E-state index in [1.54, 1.807) is 0 Å². The van der Waals surface area contributed by atoms with Crippen LogP contribution in [0.1, 0.15) is 78.1 Å². The Kier molecular flexibility index (Phi) is 15.3. The molecule has 142 valence electrons. The molecule has 0 N–H and O–H groups in total. The highest BCUT2D eigenvalue weighted by Gasteiger charge is 2.29. The van der Waals surface area contributed by atoms with Crippen LogP contribution in [-0.2, 0) is 4.43 Å². The summed E-state index contributed by atoms with van der Waals surface area (Å²) in [6.07, 6.45) is 14.4. The maximum absolute atomic E-state index is 6.26. The maximum atomic E-state index is 6.26. The second-order valence-corrected chi connectivity index (χ2v) is 13.0. The van der Waals surface area contributed by atoms with Gasteiger partial charge in [0.2, 0.25) is 0 Å². The largest absolute Gasteiger partial charge is 1.00 e. The average Bonchev–Trinajstić information content (AvgIpc) is 2.39. The Labute approximate surface area is 154 Å². The second kappa shape index (κ2) is 13.7. The van der Waals surface area contributed by atoms with E-state index in [2.05, 4.69) is 47.6 Å². The van der Waals surface area contributed by atoms with Crippen molar-refractivity contribution in [2.45, 2.75) is 104 Å². The van der Waals surface area contributed by atoms with E-state index in [0.29, 0.717) is 6.23 Å². The zero-order valence-electron chi connectivity index (χ0n) is 17.1. The van der Waals surface area contributed by atoms with E-state index in [1.165, 1.54) is 70.8 Å². The number of nitrogens with zero attached hydrogens (tertiary/aromatic N) is 1. The van der Waals surface area contributed by atoms with Crippen LogP contribution in [0.4, 0.5) is 0 Å². The zero-order chi connectivity index (χ0) is 17.1. The molecule has 1 unspecified atom stereocenters. The van der Waals surface area contributed by atoms with Gasteiger partial charge in [-0.25, -0.2) is 0 Å². The van der Waals surface area contributed by atoms with Gasteiger partial charge in [-0.15, -0.1) is 0 Å². The SMILES string of the molecule is CCCCCCCCCCCC[N+](C)(C)C(C)O[Si](C)(C)C.[Cl-]. The highest BCUT2D eigenvalue weighted by molar-refractivity contribution is 6.69. The molecule has 0 aliphatic carbocycles. The van der Waals surface area contributed by atoms with E-state index in [1.807, 2.05) is 0 Å². The van der Waals surface area contributed by atoms with Crippen LogP contribution in [0.3, 0.4) is 0 Å². The first kappa shape index (κ1) is 25.7. The monoisotopic (exact) mass is 365 g/mol. The number of hydrogen-bond donors (Lipinski definition) is 0. The van der Waals surface area contributed by atoms with Crippen molar-refractivity contribution in [2.24, 2.45) is 0 Å². The third kappa shape index (κ3) is 15.7. The highest BCUT2D eigenvalue weighted by atomic mass is 35.5. The second-order valence-electron chi connectivity index (χ2n) is 8.51. The summed E-state index contributed by atoms with van der Waals surface area (Å²) in [6, 6.07) is 0. The lowest BCUT2D eigenvalue weighted by Gasteiger charge is -2.38. The van der Waals surface area contributed by atoms with Crippen molar-refractivity contribution >= 4 is 8.32 Å². The molecular formula is C19H44ClNOSi. The predicted molar refractivity (Wildman–Crippen MR) is 103 cm³/mol. The molecule has 23 heavy (non-hydrogen) atoms. The summed E-state index contributed by atoms with van der Waals surface area (Å²) >= 11 is 0. The van der Waals surface area contributed by atoms with Gasteiger partial charge in [-0.2, -0.15) is 0 Å². The molecule has 0 rings (SSSR count). The number of quaternary nitrogens is 1. The smallest absolute Gasteiger partial charge is 0.191 e. The first-order valence-corrected chi connectivity index (χ1v) is 13.1. The van der Waals surface area contributed by atoms with Crippen LogP contribution in [0.5, 0.6) is 0 Å². The third-order valence-corrected chi connectivity index (χ3v) is 5.64. The Hall–Kier alpha value is 0.427. The number of halogens is 1. The number of hydrogen-bond acceptors (Lipinski definition) is 1. The molecule has 0 radical (unpaired) electrons. The fraction of sp³-hybridized carbons (Fsp3) is 1.00. The number of rotatable bonds is 14. The van der Waals surface area contributed by atoms with E-state index in [9.17, 15) is 0 Å². The van der Waals surface area contributed by atoms with Crippen LogP contribution in [0.15, 0.2) is 0 Å². The predicted octanol–water partition coefficient (Wildman–Crippen LogP) is 3.19. The van der Waals surface area contributed by atoms with Gasteiger partial charge in [0.25, 0.3) is 0 Å². The fourth-order valence-corrected chi connectivity index (χ4v) is 4.15. The molecule has 0 fully saturated rings. The maximum Gasteiger partial charge on any atom is 0.191 e. The van der Waals surface area contributed by atoms with Crippen LogP contribution in [0.25, 0.3) is 0 Å². The van der Waals surface area contributed by atoms with E-state index < -0.39 is 8.32 Å². The summed E-state index contributed by atoms with van der Waals surface area (Å²) in [7, 11) is 3.21. The van der Waals surface area contributed by atoms with E-state index in [0.717, 1.165) is 4.48 Å². The molecule has 1 atom stereocenters. The van der Waals surface area contributed by atoms with Crippen molar-refractivity contribution in [1.82, 2.24) is 0 Å². The topological polar surface area (TPSA) is 9.23 Å². The van der Waals surface area contributed by atoms with Crippen molar-refractivity contribution < 1.29 is 21.3 Å². The Balaban J connectivity index is 0. The molecule has 0 aromatic heterocycles. The van der Waals surface area contributed by atoms with Gasteiger partial charge >= 0.3 is 0 Å². The summed E-state index contributed by atoms with van der Waals surface area (Å²) < 4.78 is 7.26. The Morgan fingerprint density at radius 3 is 1.57 bits per heavy atom. The van der Waals surface area contributed by atoms with Gasteiger partial charge in [-0.3, -0.25) is 0 Å². The molecule has 0 aromatic carbocycles. The lowest BCUT2D eigenvalue weighted by molar-refractivity contribution is -0.932. The molecule has 0 aliphatic rings. The van der Waals surface area contributed by atoms with Crippen molar-refractivity contribution in [2.75, 3.05) is 20.6 Å². The van der Waals surface area contributed by atoms with Gasteiger partial charge in [-0.1, -0.05) is 58.3 Å².